The molecule has 122 valence electrons. The van der Waals surface area contributed by atoms with Crippen LogP contribution in [0.5, 0.6) is 0 Å². The van der Waals surface area contributed by atoms with Crippen molar-refractivity contribution in [3.63, 3.8) is 0 Å². The molecule has 4 heteroatoms. The maximum atomic E-state index is 10.6. The molecule has 0 amide bonds. The summed E-state index contributed by atoms with van der Waals surface area (Å²) in [5.74, 6) is 0. The van der Waals surface area contributed by atoms with E-state index in [1.165, 1.54) is 30.5 Å². The highest BCUT2D eigenvalue weighted by Crippen LogP contribution is 2.30. The van der Waals surface area contributed by atoms with Crippen molar-refractivity contribution in [1.82, 2.24) is 10.2 Å². The van der Waals surface area contributed by atoms with Gasteiger partial charge in [-0.2, -0.15) is 0 Å². The van der Waals surface area contributed by atoms with E-state index in [4.69, 9.17) is 0 Å². The summed E-state index contributed by atoms with van der Waals surface area (Å²) >= 11 is 0. The zero-order chi connectivity index (χ0) is 15.4. The van der Waals surface area contributed by atoms with Crippen LogP contribution in [0.2, 0.25) is 0 Å². The van der Waals surface area contributed by atoms with Gasteiger partial charge in [-0.3, -0.25) is 4.90 Å². The van der Waals surface area contributed by atoms with Gasteiger partial charge in [0.2, 0.25) is 0 Å². The zero-order valence-electron chi connectivity index (χ0n) is 13.7. The number of piperazine rings is 1. The van der Waals surface area contributed by atoms with Gasteiger partial charge in [-0.05, 0) is 36.5 Å². The molecule has 2 aliphatic heterocycles. The standard InChI is InChI=1S/C18H29N3O/c1-2-9-21-10-3-4-15-5-6-16(13-17(15)21)18(22)14-20-11-7-19-8-12-20/h5-6,13,18-19,22H,2-4,7-12,14H2,1H3. The van der Waals surface area contributed by atoms with Crippen LogP contribution >= 0.6 is 0 Å². The molecule has 0 radical (unpaired) electrons. The first-order valence-corrected chi connectivity index (χ1v) is 8.77. The first-order chi connectivity index (χ1) is 10.8. The number of aliphatic hydroxyl groups is 1. The largest absolute Gasteiger partial charge is 0.387 e. The third-order valence-corrected chi connectivity index (χ3v) is 4.84. The average molecular weight is 303 g/mol. The van der Waals surface area contributed by atoms with E-state index < -0.39 is 0 Å². The lowest BCUT2D eigenvalue weighted by Gasteiger charge is -2.33. The molecule has 1 unspecified atom stereocenters. The molecule has 0 spiro atoms. The van der Waals surface area contributed by atoms with Crippen molar-refractivity contribution in [2.24, 2.45) is 0 Å². The number of aryl methyl sites for hydroxylation is 1. The monoisotopic (exact) mass is 303 g/mol. The highest BCUT2D eigenvalue weighted by atomic mass is 16.3. The van der Waals surface area contributed by atoms with Crippen molar-refractivity contribution in [1.29, 1.82) is 0 Å². The molecule has 0 bridgehead atoms. The third kappa shape index (κ3) is 3.62. The minimum Gasteiger partial charge on any atom is -0.387 e. The van der Waals surface area contributed by atoms with Gasteiger partial charge in [-0.1, -0.05) is 19.1 Å². The van der Waals surface area contributed by atoms with E-state index in [0.717, 1.165) is 51.4 Å². The summed E-state index contributed by atoms with van der Waals surface area (Å²) in [5, 5.41) is 14.0. The minimum atomic E-state index is -0.381. The fraction of sp³-hybridized carbons (Fsp3) is 0.667. The van der Waals surface area contributed by atoms with Crippen molar-refractivity contribution in [2.75, 3.05) is 50.7 Å². The Morgan fingerprint density at radius 3 is 2.82 bits per heavy atom. The second kappa shape index (κ2) is 7.44. The van der Waals surface area contributed by atoms with Crippen molar-refractivity contribution in [2.45, 2.75) is 32.3 Å². The van der Waals surface area contributed by atoms with Crippen LogP contribution in [-0.2, 0) is 6.42 Å². The van der Waals surface area contributed by atoms with Crippen molar-refractivity contribution in [3.8, 4) is 0 Å². The summed E-state index contributed by atoms with van der Waals surface area (Å²) in [6.07, 6.45) is 3.21. The van der Waals surface area contributed by atoms with Gasteiger partial charge in [0, 0.05) is 51.5 Å². The molecule has 2 N–H and O–H groups in total. The van der Waals surface area contributed by atoms with E-state index >= 15 is 0 Å². The fourth-order valence-electron chi connectivity index (χ4n) is 3.62. The van der Waals surface area contributed by atoms with Crippen LogP contribution in [0, 0.1) is 0 Å². The number of β-amino-alcohol motifs (C(OH)–C–C–N with tert-alkyl or cyclic N) is 1. The Bertz CT molecular complexity index is 485. The Hall–Kier alpha value is -1.10. The number of nitrogens with one attached hydrogen (secondary N) is 1. The van der Waals surface area contributed by atoms with Crippen LogP contribution in [-0.4, -0.2) is 55.8 Å². The molecule has 22 heavy (non-hydrogen) atoms. The Morgan fingerprint density at radius 2 is 2.05 bits per heavy atom. The number of anilines is 1. The van der Waals surface area contributed by atoms with Gasteiger partial charge in [0.15, 0.2) is 0 Å². The van der Waals surface area contributed by atoms with Gasteiger partial charge in [0.1, 0.15) is 0 Å². The Kier molecular flexibility index (Phi) is 5.34. The summed E-state index contributed by atoms with van der Waals surface area (Å²) < 4.78 is 0. The molecular formula is C18H29N3O. The van der Waals surface area contributed by atoms with Gasteiger partial charge in [0.05, 0.1) is 6.10 Å². The number of aliphatic hydroxyl groups excluding tert-OH is 1. The smallest absolute Gasteiger partial charge is 0.0917 e. The predicted octanol–water partition coefficient (Wildman–Crippen LogP) is 1.79. The molecule has 1 saturated heterocycles. The first kappa shape index (κ1) is 15.8. The lowest BCUT2D eigenvalue weighted by Crippen LogP contribution is -2.45. The van der Waals surface area contributed by atoms with E-state index in [9.17, 15) is 5.11 Å². The molecule has 1 aromatic rings. The van der Waals surface area contributed by atoms with Crippen LogP contribution in [0.4, 0.5) is 5.69 Å². The van der Waals surface area contributed by atoms with Crippen LogP contribution in [0.1, 0.15) is 37.0 Å². The van der Waals surface area contributed by atoms with Crippen molar-refractivity contribution < 1.29 is 5.11 Å². The molecule has 1 fully saturated rings. The number of hydrogen-bond acceptors (Lipinski definition) is 4. The van der Waals surface area contributed by atoms with E-state index in [1.807, 2.05) is 0 Å². The molecule has 2 aliphatic rings. The minimum absolute atomic E-state index is 0.381. The predicted molar refractivity (Wildman–Crippen MR) is 91.5 cm³/mol. The van der Waals surface area contributed by atoms with Crippen LogP contribution in [0.25, 0.3) is 0 Å². The van der Waals surface area contributed by atoms with E-state index in [1.54, 1.807) is 0 Å². The van der Waals surface area contributed by atoms with E-state index in [0.29, 0.717) is 0 Å². The van der Waals surface area contributed by atoms with Gasteiger partial charge in [-0.15, -0.1) is 0 Å². The SMILES string of the molecule is CCCN1CCCc2ccc(C(O)CN3CCNCC3)cc21. The van der Waals surface area contributed by atoms with Crippen molar-refractivity contribution >= 4 is 5.69 Å². The fourth-order valence-corrected chi connectivity index (χ4v) is 3.62. The van der Waals surface area contributed by atoms with Gasteiger partial charge >= 0.3 is 0 Å². The summed E-state index contributed by atoms with van der Waals surface area (Å²) in [7, 11) is 0. The molecule has 1 atom stereocenters. The Balaban J connectivity index is 1.72. The van der Waals surface area contributed by atoms with E-state index in [-0.39, 0.29) is 6.10 Å². The summed E-state index contributed by atoms with van der Waals surface area (Å²) in [6.45, 7) is 9.37. The van der Waals surface area contributed by atoms with E-state index in [2.05, 4.69) is 40.2 Å². The quantitative estimate of drug-likeness (QED) is 0.870. The molecule has 3 rings (SSSR count). The lowest BCUT2D eigenvalue weighted by molar-refractivity contribution is 0.105. The summed E-state index contributed by atoms with van der Waals surface area (Å²) in [6, 6.07) is 6.59. The topological polar surface area (TPSA) is 38.7 Å². The summed E-state index contributed by atoms with van der Waals surface area (Å²) in [5.41, 5.74) is 3.86. The van der Waals surface area contributed by atoms with Crippen molar-refractivity contribution in [3.05, 3.63) is 29.3 Å². The molecule has 1 aromatic carbocycles. The molecular weight excluding hydrogens is 274 g/mol. The van der Waals surface area contributed by atoms with Gasteiger partial charge < -0.3 is 15.3 Å². The number of fused-ring (bicyclic) bond motifs is 1. The van der Waals surface area contributed by atoms with Crippen LogP contribution in [0.15, 0.2) is 18.2 Å². The third-order valence-electron chi connectivity index (χ3n) is 4.84. The maximum Gasteiger partial charge on any atom is 0.0917 e. The lowest BCUT2D eigenvalue weighted by atomic mass is 9.97. The van der Waals surface area contributed by atoms with Crippen LogP contribution in [0.3, 0.4) is 0 Å². The first-order valence-electron chi connectivity index (χ1n) is 8.77. The highest BCUT2D eigenvalue weighted by molar-refractivity contribution is 5.57. The average Bonchev–Trinajstić information content (AvgIpc) is 2.56. The number of rotatable bonds is 5. The number of nitrogens with zero attached hydrogens (tertiary/aromatic N) is 2. The molecule has 2 heterocycles. The van der Waals surface area contributed by atoms with Gasteiger partial charge in [-0.25, -0.2) is 0 Å². The zero-order valence-corrected chi connectivity index (χ0v) is 13.7. The molecule has 4 nitrogen and oxygen atoms in total. The maximum absolute atomic E-state index is 10.6. The second-order valence-corrected chi connectivity index (χ2v) is 6.55. The second-order valence-electron chi connectivity index (χ2n) is 6.55. The molecule has 0 saturated carbocycles. The Morgan fingerprint density at radius 1 is 1.23 bits per heavy atom. The molecule has 0 aliphatic carbocycles. The number of benzene rings is 1. The number of hydrogen-bond donors (Lipinski definition) is 2. The highest BCUT2D eigenvalue weighted by Gasteiger charge is 2.20. The van der Waals surface area contributed by atoms with Crippen LogP contribution < -0.4 is 10.2 Å². The summed E-state index contributed by atoms with van der Waals surface area (Å²) in [4.78, 5) is 4.84. The molecule has 0 aromatic heterocycles. The Labute approximate surface area is 134 Å². The normalized spacial score (nSPS) is 20.7. The van der Waals surface area contributed by atoms with Gasteiger partial charge in [0.25, 0.3) is 0 Å².